The maximum Gasteiger partial charge on any atom is 0.196 e. The van der Waals surface area contributed by atoms with E-state index in [4.69, 9.17) is 10.5 Å². The van der Waals surface area contributed by atoms with Gasteiger partial charge in [0, 0.05) is 20.2 Å². The van der Waals surface area contributed by atoms with E-state index in [9.17, 15) is 19.4 Å². The summed E-state index contributed by atoms with van der Waals surface area (Å²) in [6, 6.07) is 18.5. The van der Waals surface area contributed by atoms with Crippen molar-refractivity contribution in [2.24, 2.45) is 5.73 Å². The van der Waals surface area contributed by atoms with Crippen molar-refractivity contribution >= 4 is 39.4 Å². The number of hydrogen-bond donors (Lipinski definition) is 3. The molecule has 4 aromatic rings. The van der Waals surface area contributed by atoms with Crippen molar-refractivity contribution in [1.29, 1.82) is 0 Å². The molecule has 0 spiro atoms. The van der Waals surface area contributed by atoms with Gasteiger partial charge in [-0.25, -0.2) is 4.39 Å². The van der Waals surface area contributed by atoms with Crippen LogP contribution in [0.15, 0.2) is 65.5 Å². The van der Waals surface area contributed by atoms with Crippen LogP contribution in [0.25, 0.3) is 20.2 Å². The minimum absolute atomic E-state index is 0.0782. The van der Waals surface area contributed by atoms with Gasteiger partial charge in [0.25, 0.3) is 0 Å². The molecule has 5 nitrogen and oxygen atoms in total. The Hall–Kier alpha value is -2.78. The second-order valence-corrected chi connectivity index (χ2v) is 10.6. The van der Waals surface area contributed by atoms with Gasteiger partial charge >= 0.3 is 0 Å². The number of halogens is 1. The smallest absolute Gasteiger partial charge is 0.196 e. The van der Waals surface area contributed by atoms with Crippen molar-refractivity contribution in [2.75, 3.05) is 13.2 Å². The van der Waals surface area contributed by atoms with Crippen LogP contribution in [-0.4, -0.2) is 36.8 Å². The molecule has 1 atom stereocenters. The highest BCUT2D eigenvalue weighted by atomic mass is 32.1. The first-order valence-corrected chi connectivity index (χ1v) is 12.3. The van der Waals surface area contributed by atoms with E-state index < -0.39 is 11.1 Å². The summed E-state index contributed by atoms with van der Waals surface area (Å²) in [4.78, 5) is 13.3. The van der Waals surface area contributed by atoms with Gasteiger partial charge in [0.05, 0.1) is 24.3 Å². The van der Waals surface area contributed by atoms with Gasteiger partial charge in [-0.2, -0.15) is 0 Å². The molecule has 1 heterocycles. The van der Waals surface area contributed by atoms with E-state index in [1.54, 1.807) is 18.2 Å². The molecule has 35 heavy (non-hydrogen) atoms. The monoisotopic (exact) mass is 493 g/mol. The van der Waals surface area contributed by atoms with E-state index in [0.717, 1.165) is 20.5 Å². The molecule has 182 valence electrons. The van der Waals surface area contributed by atoms with E-state index >= 15 is 0 Å². The van der Waals surface area contributed by atoms with E-state index in [2.05, 4.69) is 0 Å². The first-order chi connectivity index (χ1) is 16.6. The molecular weight excluding hydrogens is 464 g/mol. The number of rotatable bonds is 9. The highest BCUT2D eigenvalue weighted by Crippen LogP contribution is 2.29. The topological polar surface area (TPSA) is 92.8 Å². The molecule has 0 saturated carbocycles. The number of benzene rings is 3. The third-order valence-electron chi connectivity index (χ3n) is 6.26. The minimum Gasteiger partial charge on any atom is -0.489 e. The first kappa shape index (κ1) is 25.3. The normalized spacial score (nSPS) is 13.7. The first-order valence-electron chi connectivity index (χ1n) is 11.5. The lowest BCUT2D eigenvalue weighted by Gasteiger charge is -2.24. The third kappa shape index (κ3) is 5.73. The molecule has 0 aliphatic rings. The zero-order valence-corrected chi connectivity index (χ0v) is 20.7. The fourth-order valence-corrected chi connectivity index (χ4v) is 4.96. The number of aliphatic hydroxyl groups is 2. The highest BCUT2D eigenvalue weighted by molar-refractivity contribution is 7.24. The van der Waals surface area contributed by atoms with Crippen molar-refractivity contribution < 1.29 is 19.3 Å². The van der Waals surface area contributed by atoms with Crippen LogP contribution in [0.5, 0.6) is 5.75 Å². The zero-order chi connectivity index (χ0) is 25.2. The summed E-state index contributed by atoms with van der Waals surface area (Å²) in [7, 11) is 1.52. The maximum absolute atomic E-state index is 14.3. The van der Waals surface area contributed by atoms with E-state index in [0.29, 0.717) is 34.9 Å². The number of nitrogens with two attached hydrogens (primary N) is 1. The molecular formula is C27H29BFNO4S. The van der Waals surface area contributed by atoms with E-state index in [1.807, 2.05) is 42.5 Å². The number of ether oxygens (including phenoxy) is 1. The van der Waals surface area contributed by atoms with Crippen molar-refractivity contribution in [3.8, 4) is 5.75 Å². The molecule has 0 amide bonds. The van der Waals surface area contributed by atoms with Gasteiger partial charge in [0.15, 0.2) is 13.3 Å². The van der Waals surface area contributed by atoms with Crippen molar-refractivity contribution in [3.05, 3.63) is 87.6 Å². The number of aryl methyl sites for hydroxylation is 1. The van der Waals surface area contributed by atoms with Crippen LogP contribution >= 0.6 is 11.3 Å². The van der Waals surface area contributed by atoms with Gasteiger partial charge in [-0.1, -0.05) is 30.3 Å². The average molecular weight is 493 g/mol. The molecule has 8 heteroatoms. The molecule has 0 fully saturated rings. The summed E-state index contributed by atoms with van der Waals surface area (Å²) in [6.07, 6.45) is 0.934. The van der Waals surface area contributed by atoms with Gasteiger partial charge in [0.1, 0.15) is 12.4 Å². The quantitative estimate of drug-likeness (QED) is 0.246. The molecule has 0 aliphatic heterocycles. The van der Waals surface area contributed by atoms with Gasteiger partial charge in [-0.05, 0) is 66.8 Å². The summed E-state index contributed by atoms with van der Waals surface area (Å²) in [5.41, 5.74) is 5.79. The lowest BCUT2D eigenvalue weighted by atomic mass is 9.79. The fraction of sp³-hybridized carbons (Fsp3) is 0.296. The van der Waals surface area contributed by atoms with Crippen LogP contribution in [0.2, 0.25) is 0 Å². The summed E-state index contributed by atoms with van der Waals surface area (Å²) in [5, 5.41) is 20.0. The van der Waals surface area contributed by atoms with Gasteiger partial charge in [-0.3, -0.25) is 4.79 Å². The minimum atomic E-state index is -1.43. The molecule has 3 aromatic carbocycles. The van der Waals surface area contributed by atoms with Crippen LogP contribution < -0.4 is 15.9 Å². The molecule has 1 unspecified atom stereocenters. The van der Waals surface area contributed by atoms with Crippen molar-refractivity contribution in [1.82, 2.24) is 0 Å². The van der Waals surface area contributed by atoms with Crippen LogP contribution in [0.1, 0.15) is 30.0 Å². The Bertz CT molecular complexity index is 1410. The van der Waals surface area contributed by atoms with Crippen LogP contribution in [0, 0.1) is 0 Å². The van der Waals surface area contributed by atoms with Gasteiger partial charge in [-0.15, -0.1) is 11.3 Å². The zero-order valence-electron chi connectivity index (χ0n) is 19.9. The second-order valence-electron chi connectivity index (χ2n) is 9.56. The lowest BCUT2D eigenvalue weighted by Crippen LogP contribution is -2.47. The Morgan fingerprint density at radius 1 is 1.00 bits per heavy atom. The Labute approximate surface area is 208 Å². The maximum atomic E-state index is 14.3. The molecule has 0 bridgehead atoms. The molecule has 0 radical (unpaired) electrons. The predicted octanol–water partition coefficient (Wildman–Crippen LogP) is 3.38. The standard InChI is InChI=1S/C27H29BFNO4S/c1-26(28,29)19-4-2-3-18(11-19)14-34-20-6-8-24-22(13-20)25(33)21-12-17(5-7-23(21)35-24)9-10-27(30,15-31)16-32/h2-8,11-13,31-32H,9-10,14-16,28,30H2,1H3. The Morgan fingerprint density at radius 3 is 2.37 bits per heavy atom. The Morgan fingerprint density at radius 2 is 1.69 bits per heavy atom. The van der Waals surface area contributed by atoms with E-state index in [1.165, 1.54) is 26.1 Å². The molecule has 0 aliphatic carbocycles. The van der Waals surface area contributed by atoms with Crippen LogP contribution in [0.4, 0.5) is 4.39 Å². The van der Waals surface area contributed by atoms with Crippen molar-refractivity contribution in [2.45, 2.75) is 37.5 Å². The highest BCUT2D eigenvalue weighted by Gasteiger charge is 2.23. The second kappa shape index (κ2) is 10.1. The van der Waals surface area contributed by atoms with E-state index in [-0.39, 0.29) is 25.2 Å². The average Bonchev–Trinajstić information content (AvgIpc) is 2.86. The number of fused-ring (bicyclic) bond motifs is 2. The molecule has 0 saturated heterocycles. The number of hydrogen-bond acceptors (Lipinski definition) is 6. The summed E-state index contributed by atoms with van der Waals surface area (Å²) in [5.74, 6) is 0.570. The summed E-state index contributed by atoms with van der Waals surface area (Å²) < 4.78 is 22.0. The Balaban J connectivity index is 1.59. The SMILES string of the molecule is BC(C)(F)c1cccc(COc2ccc3sc4ccc(CCC(N)(CO)CO)cc4c(=O)c3c2)c1. The number of aliphatic hydroxyl groups excluding tert-OH is 2. The van der Waals surface area contributed by atoms with Gasteiger partial charge in [0.2, 0.25) is 0 Å². The van der Waals surface area contributed by atoms with Crippen LogP contribution in [-0.2, 0) is 18.6 Å². The largest absolute Gasteiger partial charge is 0.489 e. The molecule has 4 N–H and O–H groups in total. The Kier molecular flexibility index (Phi) is 7.28. The van der Waals surface area contributed by atoms with Crippen molar-refractivity contribution in [3.63, 3.8) is 0 Å². The summed E-state index contributed by atoms with van der Waals surface area (Å²) >= 11 is 1.53. The fourth-order valence-electron chi connectivity index (χ4n) is 3.93. The molecule has 4 rings (SSSR count). The lowest BCUT2D eigenvalue weighted by molar-refractivity contribution is 0.115. The van der Waals surface area contributed by atoms with Gasteiger partial charge < -0.3 is 20.7 Å². The van der Waals surface area contributed by atoms with Crippen LogP contribution in [0.3, 0.4) is 0 Å². The number of alkyl halides is 1. The third-order valence-corrected chi connectivity index (χ3v) is 7.42. The molecule has 1 aromatic heterocycles. The predicted molar refractivity (Wildman–Crippen MR) is 143 cm³/mol. The summed E-state index contributed by atoms with van der Waals surface area (Å²) in [6.45, 7) is 1.17.